The third-order valence-electron chi connectivity index (χ3n) is 2.39. The summed E-state index contributed by atoms with van der Waals surface area (Å²) in [5.74, 6) is 0.827. The number of amides is 1. The Labute approximate surface area is 114 Å². The zero-order valence-corrected chi connectivity index (χ0v) is 11.7. The molecule has 0 unspecified atom stereocenters. The van der Waals surface area contributed by atoms with Crippen LogP contribution in [0.4, 0.5) is 5.69 Å². The Morgan fingerprint density at radius 1 is 1.44 bits per heavy atom. The number of hydrogen-bond acceptors (Lipinski definition) is 3. The normalized spacial score (nSPS) is 9.50. The highest BCUT2D eigenvalue weighted by Gasteiger charge is 2.05. The highest BCUT2D eigenvalue weighted by Crippen LogP contribution is 2.21. The van der Waals surface area contributed by atoms with Gasteiger partial charge in [-0.25, -0.2) is 0 Å². The molecule has 0 aliphatic rings. The largest absolute Gasteiger partial charge is 0.494 e. The van der Waals surface area contributed by atoms with Gasteiger partial charge in [-0.3, -0.25) is 4.79 Å². The van der Waals surface area contributed by atoms with Crippen LogP contribution in [0, 0.1) is 6.92 Å². The predicted octanol–water partition coefficient (Wildman–Crippen LogP) is 2.49. The molecule has 1 aromatic carbocycles. The van der Waals surface area contributed by atoms with Crippen molar-refractivity contribution in [1.82, 2.24) is 0 Å². The van der Waals surface area contributed by atoms with Gasteiger partial charge in [0.2, 0.25) is 5.91 Å². The minimum absolute atomic E-state index is 0. The summed E-state index contributed by atoms with van der Waals surface area (Å²) in [6, 6.07) is 5.64. The van der Waals surface area contributed by atoms with Crippen molar-refractivity contribution in [2.45, 2.75) is 26.7 Å². The molecule has 0 fully saturated rings. The smallest absolute Gasteiger partial charge is 0.224 e. The number of ether oxygens (including phenoxy) is 1. The molecule has 0 saturated heterocycles. The molecule has 1 rings (SSSR count). The van der Waals surface area contributed by atoms with Crippen LogP contribution in [0.25, 0.3) is 0 Å². The lowest BCUT2D eigenvalue weighted by atomic mass is 10.2. The first-order valence-electron chi connectivity index (χ1n) is 5.90. The molecule has 0 aliphatic heterocycles. The van der Waals surface area contributed by atoms with Crippen molar-refractivity contribution in [3.8, 4) is 5.75 Å². The van der Waals surface area contributed by atoms with E-state index in [2.05, 4.69) is 5.32 Å². The van der Waals surface area contributed by atoms with Crippen LogP contribution in [0.1, 0.15) is 25.3 Å². The second kappa shape index (κ2) is 8.78. The molecule has 5 heteroatoms. The third kappa shape index (κ3) is 5.38. The minimum atomic E-state index is 0. The van der Waals surface area contributed by atoms with Crippen LogP contribution < -0.4 is 15.8 Å². The van der Waals surface area contributed by atoms with Crippen LogP contribution in [-0.2, 0) is 4.79 Å². The van der Waals surface area contributed by atoms with E-state index in [4.69, 9.17) is 10.5 Å². The van der Waals surface area contributed by atoms with E-state index >= 15 is 0 Å². The van der Waals surface area contributed by atoms with E-state index in [1.807, 2.05) is 32.0 Å². The van der Waals surface area contributed by atoms with Crippen molar-refractivity contribution in [2.75, 3.05) is 18.5 Å². The molecule has 0 spiro atoms. The van der Waals surface area contributed by atoms with E-state index in [1.54, 1.807) is 0 Å². The maximum Gasteiger partial charge on any atom is 0.224 e. The highest BCUT2D eigenvalue weighted by atomic mass is 35.5. The number of nitrogens with two attached hydrogens (primary N) is 1. The Bertz CT molecular complexity index is 383. The number of anilines is 1. The van der Waals surface area contributed by atoms with Gasteiger partial charge in [-0.05, 0) is 50.6 Å². The number of nitrogens with one attached hydrogen (secondary N) is 1. The lowest BCUT2D eigenvalue weighted by Gasteiger charge is -2.10. The maximum absolute atomic E-state index is 11.5. The second-order valence-electron chi connectivity index (χ2n) is 3.85. The summed E-state index contributed by atoms with van der Waals surface area (Å²) in [6.07, 6.45) is 1.17. The third-order valence-corrected chi connectivity index (χ3v) is 2.39. The Kier molecular flexibility index (Phi) is 8.16. The summed E-state index contributed by atoms with van der Waals surface area (Å²) >= 11 is 0. The average molecular weight is 273 g/mol. The summed E-state index contributed by atoms with van der Waals surface area (Å²) in [6.45, 7) is 5.07. The summed E-state index contributed by atoms with van der Waals surface area (Å²) in [4.78, 5) is 11.5. The number of carbonyl (C=O) groups excluding carboxylic acids is 1. The molecule has 0 heterocycles. The molecule has 0 aromatic heterocycles. The first-order chi connectivity index (χ1) is 8.17. The summed E-state index contributed by atoms with van der Waals surface area (Å²) in [7, 11) is 0. The molecule has 4 nitrogen and oxygen atoms in total. The van der Waals surface area contributed by atoms with Crippen LogP contribution in [0.5, 0.6) is 5.75 Å². The van der Waals surface area contributed by atoms with Gasteiger partial charge < -0.3 is 15.8 Å². The molecule has 1 aromatic rings. The quantitative estimate of drug-likeness (QED) is 0.836. The van der Waals surface area contributed by atoms with Crippen molar-refractivity contribution < 1.29 is 9.53 Å². The van der Waals surface area contributed by atoms with E-state index < -0.39 is 0 Å². The van der Waals surface area contributed by atoms with Crippen molar-refractivity contribution in [1.29, 1.82) is 0 Å². The van der Waals surface area contributed by atoms with E-state index in [0.717, 1.165) is 17.0 Å². The summed E-state index contributed by atoms with van der Waals surface area (Å²) in [5.41, 5.74) is 7.18. The average Bonchev–Trinajstić information content (AvgIpc) is 2.30. The van der Waals surface area contributed by atoms with Crippen LogP contribution in [0.2, 0.25) is 0 Å². The number of rotatable bonds is 6. The van der Waals surface area contributed by atoms with Crippen molar-refractivity contribution in [2.24, 2.45) is 5.73 Å². The fourth-order valence-corrected chi connectivity index (χ4v) is 1.51. The molecule has 1 amide bonds. The zero-order valence-electron chi connectivity index (χ0n) is 10.9. The van der Waals surface area contributed by atoms with E-state index in [9.17, 15) is 4.79 Å². The van der Waals surface area contributed by atoms with Crippen LogP contribution >= 0.6 is 12.4 Å². The van der Waals surface area contributed by atoms with Crippen molar-refractivity contribution >= 4 is 24.0 Å². The fourth-order valence-electron chi connectivity index (χ4n) is 1.51. The van der Waals surface area contributed by atoms with E-state index in [1.165, 1.54) is 0 Å². The van der Waals surface area contributed by atoms with Gasteiger partial charge in [0.05, 0.1) is 6.61 Å². The molecule has 3 N–H and O–H groups in total. The van der Waals surface area contributed by atoms with Gasteiger partial charge in [0, 0.05) is 12.1 Å². The van der Waals surface area contributed by atoms with Crippen molar-refractivity contribution in [3.63, 3.8) is 0 Å². The van der Waals surface area contributed by atoms with Gasteiger partial charge >= 0.3 is 0 Å². The molecule has 0 radical (unpaired) electrons. The Hall–Kier alpha value is -1.26. The van der Waals surface area contributed by atoms with Crippen LogP contribution in [-0.4, -0.2) is 19.1 Å². The number of hydrogen-bond donors (Lipinski definition) is 2. The van der Waals surface area contributed by atoms with Gasteiger partial charge in [0.25, 0.3) is 0 Å². The number of halogens is 1. The number of benzene rings is 1. The van der Waals surface area contributed by atoms with Gasteiger partial charge in [-0.2, -0.15) is 0 Å². The topological polar surface area (TPSA) is 64.3 Å². The fraction of sp³-hybridized carbons (Fsp3) is 0.462. The molecule has 18 heavy (non-hydrogen) atoms. The summed E-state index contributed by atoms with van der Waals surface area (Å²) in [5, 5.41) is 2.86. The monoisotopic (exact) mass is 272 g/mol. The van der Waals surface area contributed by atoms with Crippen LogP contribution in [0.15, 0.2) is 18.2 Å². The predicted molar refractivity (Wildman–Crippen MR) is 76.5 cm³/mol. The van der Waals surface area contributed by atoms with Crippen molar-refractivity contribution in [3.05, 3.63) is 23.8 Å². The minimum Gasteiger partial charge on any atom is -0.494 e. The van der Waals surface area contributed by atoms with Gasteiger partial charge in [0.1, 0.15) is 5.75 Å². The second-order valence-corrected chi connectivity index (χ2v) is 3.85. The molecular formula is C13H21ClN2O2. The Morgan fingerprint density at radius 3 is 2.72 bits per heavy atom. The first-order valence-corrected chi connectivity index (χ1v) is 5.90. The lowest BCUT2D eigenvalue weighted by molar-refractivity contribution is -0.116. The summed E-state index contributed by atoms with van der Waals surface area (Å²) < 4.78 is 5.38. The highest BCUT2D eigenvalue weighted by molar-refractivity contribution is 5.91. The zero-order chi connectivity index (χ0) is 12.7. The SMILES string of the molecule is CCOc1ccc(NC(=O)CCCN)c(C)c1.Cl. The van der Waals surface area contributed by atoms with Gasteiger partial charge in [0.15, 0.2) is 0 Å². The standard InChI is InChI=1S/C13H20N2O2.ClH/c1-3-17-11-6-7-12(10(2)9-11)15-13(16)5-4-8-14;/h6-7,9H,3-5,8,14H2,1-2H3,(H,15,16);1H. The Morgan fingerprint density at radius 2 is 2.17 bits per heavy atom. The number of aryl methyl sites for hydroxylation is 1. The molecule has 0 aliphatic carbocycles. The van der Waals surface area contributed by atoms with Crippen LogP contribution in [0.3, 0.4) is 0 Å². The molecule has 0 saturated carbocycles. The number of carbonyl (C=O) groups is 1. The first kappa shape index (κ1) is 16.7. The maximum atomic E-state index is 11.5. The van der Waals surface area contributed by atoms with Gasteiger partial charge in [-0.15, -0.1) is 12.4 Å². The Balaban J connectivity index is 0.00000289. The molecule has 0 bridgehead atoms. The molecule has 102 valence electrons. The van der Waals surface area contributed by atoms with E-state index in [-0.39, 0.29) is 18.3 Å². The molecule has 0 atom stereocenters. The molecular weight excluding hydrogens is 252 g/mol. The lowest BCUT2D eigenvalue weighted by Crippen LogP contribution is -2.14. The van der Waals surface area contributed by atoms with Gasteiger partial charge in [-0.1, -0.05) is 0 Å². The van der Waals surface area contributed by atoms with E-state index in [0.29, 0.717) is 26.0 Å².